The summed E-state index contributed by atoms with van der Waals surface area (Å²) in [5.74, 6) is -1.26. The molecule has 0 radical (unpaired) electrons. The van der Waals surface area contributed by atoms with Crippen LogP contribution in [0.25, 0.3) is 11.1 Å². The highest BCUT2D eigenvalue weighted by Gasteiger charge is 2.30. The van der Waals surface area contributed by atoms with Gasteiger partial charge in [0, 0.05) is 38.3 Å². The molecule has 11 heteroatoms. The van der Waals surface area contributed by atoms with Crippen molar-refractivity contribution in [3.8, 4) is 11.1 Å². The van der Waals surface area contributed by atoms with Crippen LogP contribution in [0, 0.1) is 5.82 Å². The van der Waals surface area contributed by atoms with Gasteiger partial charge in [0.1, 0.15) is 12.4 Å². The van der Waals surface area contributed by atoms with E-state index < -0.39 is 60.3 Å². The number of hydrogen-bond acceptors (Lipinski definition) is 5. The zero-order valence-electron chi connectivity index (χ0n) is 33.7. The zero-order chi connectivity index (χ0) is 40.7. The van der Waals surface area contributed by atoms with Crippen molar-refractivity contribution in [3.05, 3.63) is 117 Å². The molecule has 3 aromatic carbocycles. The number of hydrogen-bond donors (Lipinski definition) is 0. The van der Waals surface area contributed by atoms with E-state index in [0.717, 1.165) is 34.1 Å². The minimum atomic E-state index is -4.51. The van der Waals surface area contributed by atoms with Crippen molar-refractivity contribution in [1.29, 1.82) is 0 Å². The second kappa shape index (κ2) is 15.5. The van der Waals surface area contributed by atoms with E-state index in [0.29, 0.717) is 53.4 Å². The molecule has 0 fully saturated rings. The van der Waals surface area contributed by atoms with E-state index in [4.69, 9.17) is 8.22 Å². The maximum atomic E-state index is 14.6. The maximum Gasteiger partial charge on any atom is 0.416 e. The minimum absolute atomic E-state index is 0.0920. The van der Waals surface area contributed by atoms with Crippen molar-refractivity contribution >= 4 is 17.7 Å². The van der Waals surface area contributed by atoms with Gasteiger partial charge in [0.2, 0.25) is 5.91 Å². The number of thioether (sulfide) groups is 1. The Bertz CT molecular complexity index is 2060. The number of halogens is 4. The lowest BCUT2D eigenvalue weighted by Gasteiger charge is -2.33. The van der Waals surface area contributed by atoms with E-state index in [2.05, 4.69) is 4.98 Å². The Kier molecular flexibility index (Phi) is 8.70. The van der Waals surface area contributed by atoms with E-state index in [9.17, 15) is 28.5 Å². The van der Waals surface area contributed by atoms with Crippen LogP contribution in [0.5, 0.6) is 0 Å². The highest BCUT2D eigenvalue weighted by Crippen LogP contribution is 2.32. The molecule has 6 nitrogen and oxygen atoms in total. The number of alkyl halides is 3. The van der Waals surface area contributed by atoms with Gasteiger partial charge in [-0.2, -0.15) is 18.2 Å². The first-order chi connectivity index (χ1) is 25.4. The van der Waals surface area contributed by atoms with Gasteiger partial charge < -0.3 is 14.4 Å². The fourth-order valence-corrected chi connectivity index (χ4v) is 6.36. The van der Waals surface area contributed by atoms with E-state index in [1.165, 1.54) is 49.6 Å². The quantitative estimate of drug-likeness (QED) is 0.0817. The monoisotopic (exact) mass is 687 g/mol. The van der Waals surface area contributed by atoms with Crippen molar-refractivity contribution in [1.82, 2.24) is 19.4 Å². The Morgan fingerprint density at radius 3 is 2.21 bits per heavy atom. The van der Waals surface area contributed by atoms with Gasteiger partial charge in [-0.1, -0.05) is 74.1 Å². The van der Waals surface area contributed by atoms with Crippen LogP contribution in [0.2, 0.25) is 0 Å². The number of carbonyl (C=O) groups is 1. The fraction of sp³-hybridized carbons (Fsp3) is 0.378. The number of rotatable bonds is 13. The second-order valence-electron chi connectivity index (χ2n) is 11.2. The molecule has 0 bridgehead atoms. The lowest BCUT2D eigenvalue weighted by Crippen LogP contribution is -2.42. The van der Waals surface area contributed by atoms with Crippen LogP contribution in [-0.4, -0.2) is 51.3 Å². The van der Waals surface area contributed by atoms with Gasteiger partial charge in [-0.05, 0) is 85.7 Å². The largest absolute Gasteiger partial charge is 0.416 e. The van der Waals surface area contributed by atoms with Crippen molar-refractivity contribution < 1.29 is 32.0 Å². The third kappa shape index (κ3) is 8.36. The molecule has 0 aliphatic heterocycles. The Balaban J connectivity index is 1.54. The summed E-state index contributed by atoms with van der Waals surface area (Å²) in [6, 6.07) is 13.7. The van der Waals surface area contributed by atoms with Crippen LogP contribution in [0.1, 0.15) is 70.8 Å². The molecule has 1 heterocycles. The number of carbonyl (C=O) groups excluding carboxylic acids is 1. The van der Waals surface area contributed by atoms with E-state index in [1.807, 2.05) is 0 Å². The zero-order valence-corrected chi connectivity index (χ0v) is 27.5. The topological polar surface area (TPSA) is 58.4 Å². The Labute approximate surface area is 292 Å². The average Bonchev–Trinajstić information content (AvgIpc) is 3.58. The number of nitrogens with zero attached hydrogens (tertiary/aromatic N) is 4. The first kappa shape index (κ1) is 26.9. The molecule has 0 N–H and O–H groups in total. The van der Waals surface area contributed by atoms with Crippen LogP contribution in [0.4, 0.5) is 17.6 Å². The molecule has 0 saturated carbocycles. The third-order valence-electron chi connectivity index (χ3n) is 8.24. The van der Waals surface area contributed by atoms with Gasteiger partial charge in [-0.3, -0.25) is 9.59 Å². The maximum absolute atomic E-state index is 14.6. The molecule has 1 amide bonds. The van der Waals surface area contributed by atoms with Gasteiger partial charge in [0.15, 0.2) is 5.16 Å². The smallest absolute Gasteiger partial charge is 0.333 e. The Hall–Kier alpha value is -3.96. The second-order valence-corrected chi connectivity index (χ2v) is 11.9. The molecule has 4 aromatic rings. The molecule has 48 heavy (non-hydrogen) atoms. The van der Waals surface area contributed by atoms with Crippen molar-refractivity contribution in [2.75, 3.05) is 26.1 Å². The Morgan fingerprint density at radius 1 is 0.979 bits per heavy atom. The van der Waals surface area contributed by atoms with E-state index in [-0.39, 0.29) is 29.4 Å². The summed E-state index contributed by atoms with van der Waals surface area (Å²) >= 11 is 0.571. The third-order valence-corrected chi connectivity index (χ3v) is 9.07. The minimum Gasteiger partial charge on any atom is -0.333 e. The Morgan fingerprint density at radius 2 is 1.60 bits per heavy atom. The molecule has 1 aliphatic rings. The molecule has 0 saturated heterocycles. The van der Waals surface area contributed by atoms with Gasteiger partial charge in [0.25, 0.3) is 5.56 Å². The SMILES string of the molecule is [2H]C([2H])(Sc1nc(=O)c2c(n1CC(=O)N(CCN(C([2H])([2H])C)C([2H])([2H])C)C([2H])(C)c1ccc(-c3ccc(C(F)(F)F)cc3)cc1)CCC2)c1ccc(F)cc1. The number of fused-ring (bicyclic) bond motifs is 1. The molecule has 254 valence electrons. The molecular formula is C37H40F4N4O2S. The lowest BCUT2D eigenvalue weighted by atomic mass is 9.99. The number of likely N-dealkylation sites (N-methyl/N-ethyl adjacent to an activating group) is 1. The fourth-order valence-electron chi connectivity index (χ4n) is 5.60. The summed E-state index contributed by atoms with van der Waals surface area (Å²) in [5.41, 5.74) is -1.32. The lowest BCUT2D eigenvalue weighted by molar-refractivity contribution is -0.137. The molecule has 1 aliphatic carbocycles. The van der Waals surface area contributed by atoms with Gasteiger partial charge >= 0.3 is 6.18 Å². The van der Waals surface area contributed by atoms with Gasteiger partial charge in [-0.25, -0.2) is 4.39 Å². The number of amides is 1. The van der Waals surface area contributed by atoms with Crippen LogP contribution in [0.3, 0.4) is 0 Å². The highest BCUT2D eigenvalue weighted by molar-refractivity contribution is 7.98. The summed E-state index contributed by atoms with van der Waals surface area (Å²) in [6.07, 6.45) is -3.15. The van der Waals surface area contributed by atoms with Crippen LogP contribution in [0.15, 0.2) is 82.7 Å². The van der Waals surface area contributed by atoms with E-state index in [1.54, 1.807) is 24.3 Å². The normalized spacial score (nSPS) is 17.2. The molecule has 1 unspecified atom stereocenters. The standard InChI is InChI=1S/C37H40F4N4O2S/c1-4-43(5-2)21-22-44(25(3)27-11-13-28(14-12-27)29-15-17-30(18-16-29)37(39,40)41)34(46)23-45-33-8-6-7-32(33)35(47)42-36(45)48-24-26-9-19-31(38)20-10-26/h9-20,25H,4-8,21-24H2,1-3H3/i4D2,5D2,24D2,25D. The van der Waals surface area contributed by atoms with Crippen molar-refractivity contribution in [2.45, 2.75) is 69.6 Å². The molecule has 5 rings (SSSR count). The molecule has 1 aromatic heterocycles. The van der Waals surface area contributed by atoms with Crippen LogP contribution >= 0.6 is 11.8 Å². The summed E-state index contributed by atoms with van der Waals surface area (Å²) in [5, 5.41) is -0.114. The summed E-state index contributed by atoms with van der Waals surface area (Å²) in [4.78, 5) is 33.9. The molecule has 0 spiro atoms. The van der Waals surface area contributed by atoms with Crippen molar-refractivity contribution in [2.24, 2.45) is 0 Å². The summed E-state index contributed by atoms with van der Waals surface area (Å²) < 4.78 is 115. The van der Waals surface area contributed by atoms with Gasteiger partial charge in [-0.15, -0.1) is 0 Å². The average molecular weight is 688 g/mol. The van der Waals surface area contributed by atoms with Crippen molar-refractivity contribution in [3.63, 3.8) is 0 Å². The predicted octanol–water partition coefficient (Wildman–Crippen LogP) is 7.78. The van der Waals surface area contributed by atoms with E-state index >= 15 is 0 Å². The van der Waals surface area contributed by atoms with Crippen LogP contribution in [-0.2, 0) is 36.1 Å². The summed E-state index contributed by atoms with van der Waals surface area (Å²) in [7, 11) is 0. The number of aromatic nitrogens is 2. The van der Waals surface area contributed by atoms with Crippen LogP contribution < -0.4 is 5.56 Å². The molecular weight excluding hydrogens is 640 g/mol. The first-order valence-corrected chi connectivity index (χ1v) is 16.2. The van der Waals surface area contributed by atoms with Gasteiger partial charge in [0.05, 0.1) is 13.0 Å². The predicted molar refractivity (Wildman–Crippen MR) is 181 cm³/mol. The summed E-state index contributed by atoms with van der Waals surface area (Å²) in [6.45, 7) is -1.75. The highest BCUT2D eigenvalue weighted by atomic mass is 32.2. The number of benzene rings is 3. The first-order valence-electron chi connectivity index (χ1n) is 18.8. The molecule has 1 atom stereocenters.